The van der Waals surface area contributed by atoms with Gasteiger partial charge in [0.15, 0.2) is 0 Å². The maximum absolute atomic E-state index is 9.61. The minimum absolute atomic E-state index is 0.0845. The Kier molecular flexibility index (Phi) is 4.44. The molecule has 0 saturated carbocycles. The van der Waals surface area contributed by atoms with Crippen molar-refractivity contribution in [1.82, 2.24) is 0 Å². The van der Waals surface area contributed by atoms with E-state index in [1.807, 2.05) is 6.26 Å². The molecule has 0 rings (SSSR count). The number of hydrogen-bond acceptors (Lipinski definition) is 4. The minimum atomic E-state index is -1.00. The molecule has 0 aromatic rings. The molecular formula is C3H5O2S2-. The Morgan fingerprint density at radius 1 is 1.86 bits per heavy atom. The van der Waals surface area contributed by atoms with E-state index in [2.05, 4.69) is 0 Å². The minimum Gasteiger partial charge on any atom is -0.549 e. The molecule has 0 atom stereocenters. The molecule has 0 spiro atoms. The Morgan fingerprint density at radius 3 is 2.57 bits per heavy atom. The molecule has 4 heteroatoms. The highest BCUT2D eigenvalue weighted by Gasteiger charge is 1.81. The van der Waals surface area contributed by atoms with Gasteiger partial charge in [-0.2, -0.15) is 0 Å². The van der Waals surface area contributed by atoms with E-state index in [0.29, 0.717) is 0 Å². The molecule has 0 amide bonds. The summed E-state index contributed by atoms with van der Waals surface area (Å²) in [4.78, 5) is 9.61. The third-order valence-electron chi connectivity index (χ3n) is 0.295. The van der Waals surface area contributed by atoms with Crippen molar-refractivity contribution in [3.05, 3.63) is 0 Å². The van der Waals surface area contributed by atoms with Gasteiger partial charge in [-0.05, 0) is 6.26 Å². The van der Waals surface area contributed by atoms with Gasteiger partial charge in [0.2, 0.25) is 0 Å². The molecule has 0 unspecified atom stereocenters. The second-order valence-corrected chi connectivity index (χ2v) is 3.37. The van der Waals surface area contributed by atoms with Crippen molar-refractivity contribution in [1.29, 1.82) is 0 Å². The Labute approximate surface area is 50.1 Å². The summed E-state index contributed by atoms with van der Waals surface area (Å²) in [6, 6.07) is 0. The number of aliphatic carboxylic acids is 1. The summed E-state index contributed by atoms with van der Waals surface area (Å²) >= 11 is 0. The van der Waals surface area contributed by atoms with Gasteiger partial charge in [-0.3, -0.25) is 0 Å². The highest BCUT2D eigenvalue weighted by Crippen LogP contribution is 2.14. The standard InChI is InChI=1S/C3H6O2S2/c1-6-7-2-3(4)5/h2H2,1H3,(H,4,5)/p-1. The number of carbonyl (C=O) groups is 1. The molecule has 0 saturated heterocycles. The van der Waals surface area contributed by atoms with Crippen LogP contribution in [0.3, 0.4) is 0 Å². The van der Waals surface area contributed by atoms with Crippen LogP contribution in [0.4, 0.5) is 0 Å². The predicted molar refractivity (Wildman–Crippen MR) is 31.0 cm³/mol. The smallest absolute Gasteiger partial charge is 0.0522 e. The lowest BCUT2D eigenvalue weighted by Gasteiger charge is -1.94. The maximum Gasteiger partial charge on any atom is 0.0522 e. The summed E-state index contributed by atoms with van der Waals surface area (Å²) in [6.07, 6.45) is 1.83. The van der Waals surface area contributed by atoms with Gasteiger partial charge in [-0.25, -0.2) is 0 Å². The highest BCUT2D eigenvalue weighted by molar-refractivity contribution is 8.76. The first-order valence-corrected chi connectivity index (χ1v) is 4.35. The fourth-order valence-corrected chi connectivity index (χ4v) is 0.963. The van der Waals surface area contributed by atoms with Crippen molar-refractivity contribution in [2.75, 3.05) is 12.0 Å². The van der Waals surface area contributed by atoms with E-state index >= 15 is 0 Å². The molecule has 0 N–H and O–H groups in total. The number of carboxylic acids is 1. The zero-order chi connectivity index (χ0) is 5.70. The molecule has 0 aliphatic rings. The number of carbonyl (C=O) groups excluding carboxylic acids is 1. The number of hydrogen-bond donors (Lipinski definition) is 0. The van der Waals surface area contributed by atoms with Gasteiger partial charge in [-0.1, -0.05) is 21.6 Å². The quantitative estimate of drug-likeness (QED) is 0.503. The van der Waals surface area contributed by atoms with Gasteiger partial charge in [0.1, 0.15) is 0 Å². The third kappa shape index (κ3) is 6.17. The summed E-state index contributed by atoms with van der Waals surface area (Å²) in [5, 5.41) is 9.61. The highest BCUT2D eigenvalue weighted by atomic mass is 33.1. The second-order valence-electron chi connectivity index (χ2n) is 0.801. The second kappa shape index (κ2) is 4.33. The molecule has 0 aromatic heterocycles. The van der Waals surface area contributed by atoms with Crippen molar-refractivity contribution >= 4 is 27.6 Å². The van der Waals surface area contributed by atoms with Gasteiger partial charge >= 0.3 is 0 Å². The summed E-state index contributed by atoms with van der Waals surface area (Å²) in [6.45, 7) is 0. The first kappa shape index (κ1) is 7.17. The van der Waals surface area contributed by atoms with E-state index in [0.717, 1.165) is 0 Å². The Hall–Kier alpha value is 0.170. The lowest BCUT2D eigenvalue weighted by Crippen LogP contribution is -2.23. The van der Waals surface area contributed by atoms with Crippen LogP contribution < -0.4 is 5.11 Å². The normalized spacial score (nSPS) is 8.71. The summed E-state index contributed by atoms with van der Waals surface area (Å²) in [7, 11) is 2.70. The zero-order valence-corrected chi connectivity index (χ0v) is 5.47. The van der Waals surface area contributed by atoms with Crippen LogP contribution in [0, 0.1) is 0 Å². The number of carboxylic acid groups (broad SMARTS) is 1. The molecule has 7 heavy (non-hydrogen) atoms. The van der Waals surface area contributed by atoms with Crippen LogP contribution in [-0.4, -0.2) is 18.0 Å². The van der Waals surface area contributed by atoms with E-state index in [4.69, 9.17) is 0 Å². The molecule has 0 aliphatic heterocycles. The van der Waals surface area contributed by atoms with Gasteiger partial charge in [0.05, 0.1) is 5.97 Å². The van der Waals surface area contributed by atoms with Crippen LogP contribution in [0.15, 0.2) is 0 Å². The largest absolute Gasteiger partial charge is 0.549 e. The predicted octanol–water partition coefficient (Wildman–Crippen LogP) is -0.253. The number of rotatable bonds is 3. The van der Waals surface area contributed by atoms with Crippen molar-refractivity contribution in [3.8, 4) is 0 Å². The molecule has 42 valence electrons. The monoisotopic (exact) mass is 137 g/mol. The van der Waals surface area contributed by atoms with Gasteiger partial charge in [0, 0.05) is 5.75 Å². The van der Waals surface area contributed by atoms with Crippen molar-refractivity contribution in [3.63, 3.8) is 0 Å². The van der Waals surface area contributed by atoms with Crippen LogP contribution in [0.1, 0.15) is 0 Å². The van der Waals surface area contributed by atoms with Crippen molar-refractivity contribution in [2.45, 2.75) is 0 Å². The van der Waals surface area contributed by atoms with E-state index in [1.165, 1.54) is 21.6 Å². The van der Waals surface area contributed by atoms with Gasteiger partial charge < -0.3 is 9.90 Å². The Morgan fingerprint density at radius 2 is 2.43 bits per heavy atom. The van der Waals surface area contributed by atoms with Crippen molar-refractivity contribution < 1.29 is 9.90 Å². The summed E-state index contributed by atoms with van der Waals surface area (Å²) < 4.78 is 0. The van der Waals surface area contributed by atoms with Crippen LogP contribution in [0.5, 0.6) is 0 Å². The fraction of sp³-hybridized carbons (Fsp3) is 0.667. The lowest BCUT2D eigenvalue weighted by molar-refractivity contribution is -0.301. The fourth-order valence-electron chi connectivity index (χ4n) is 0.107. The maximum atomic E-state index is 9.61. The molecule has 0 aliphatic carbocycles. The average Bonchev–Trinajstić information content (AvgIpc) is 1.61. The lowest BCUT2D eigenvalue weighted by atomic mass is 10.8. The molecular weight excluding hydrogens is 132 g/mol. The molecule has 0 radical (unpaired) electrons. The first-order valence-electron chi connectivity index (χ1n) is 1.63. The molecule has 2 nitrogen and oxygen atoms in total. The van der Waals surface area contributed by atoms with E-state index in [-0.39, 0.29) is 5.75 Å². The van der Waals surface area contributed by atoms with Crippen LogP contribution >= 0.6 is 21.6 Å². The zero-order valence-electron chi connectivity index (χ0n) is 3.84. The van der Waals surface area contributed by atoms with E-state index in [9.17, 15) is 9.90 Å². The molecule has 0 heterocycles. The summed E-state index contributed by atoms with van der Waals surface area (Å²) in [5.74, 6) is -0.916. The van der Waals surface area contributed by atoms with Crippen LogP contribution in [-0.2, 0) is 4.79 Å². The molecule has 0 fully saturated rings. The summed E-state index contributed by atoms with van der Waals surface area (Å²) in [5.41, 5.74) is 0. The van der Waals surface area contributed by atoms with Gasteiger partial charge in [0.25, 0.3) is 0 Å². The SMILES string of the molecule is CSSCC(=O)[O-]. The third-order valence-corrected chi connectivity index (χ3v) is 1.94. The molecule has 0 bridgehead atoms. The van der Waals surface area contributed by atoms with Crippen LogP contribution in [0.2, 0.25) is 0 Å². The van der Waals surface area contributed by atoms with E-state index in [1.54, 1.807) is 0 Å². The molecule has 0 aromatic carbocycles. The first-order chi connectivity index (χ1) is 3.27. The van der Waals surface area contributed by atoms with Gasteiger partial charge in [-0.15, -0.1) is 0 Å². The topological polar surface area (TPSA) is 40.1 Å². The average molecular weight is 137 g/mol. The Bertz CT molecular complexity index is 64.0. The van der Waals surface area contributed by atoms with E-state index < -0.39 is 5.97 Å². The Balaban J connectivity index is 2.82. The van der Waals surface area contributed by atoms with Crippen molar-refractivity contribution in [2.24, 2.45) is 0 Å². The van der Waals surface area contributed by atoms with Crippen LogP contribution in [0.25, 0.3) is 0 Å².